The summed E-state index contributed by atoms with van der Waals surface area (Å²) < 4.78 is 41.3. The average molecular weight is 413 g/mol. The molecule has 0 spiro atoms. The van der Waals surface area contributed by atoms with E-state index in [0.717, 1.165) is 35.8 Å². The van der Waals surface area contributed by atoms with Crippen molar-refractivity contribution in [3.63, 3.8) is 0 Å². The second-order valence-electron chi connectivity index (χ2n) is 9.13. The van der Waals surface area contributed by atoms with Crippen LogP contribution in [0.3, 0.4) is 0 Å². The van der Waals surface area contributed by atoms with Crippen LogP contribution < -0.4 is 9.47 Å². The molecule has 1 heterocycles. The van der Waals surface area contributed by atoms with Gasteiger partial charge in [0.15, 0.2) is 11.5 Å². The fraction of sp³-hybridized carbons (Fsp3) is 0.538. The Morgan fingerprint density at radius 3 is 2.30 bits per heavy atom. The highest BCUT2D eigenvalue weighted by molar-refractivity contribution is 5.77. The van der Waals surface area contributed by atoms with Crippen LogP contribution in [0.4, 0.5) is 8.78 Å². The molecule has 2 aromatic rings. The van der Waals surface area contributed by atoms with Gasteiger partial charge < -0.3 is 9.47 Å². The molecule has 0 aromatic heterocycles. The summed E-state index contributed by atoms with van der Waals surface area (Å²) in [6.45, 7) is 2.26. The van der Waals surface area contributed by atoms with Crippen molar-refractivity contribution in [3.8, 4) is 22.6 Å². The first-order chi connectivity index (χ1) is 14.7. The minimum atomic E-state index is -0.505. The molecule has 5 rings (SSSR count). The number of ether oxygens (including phenoxy) is 2. The Morgan fingerprint density at radius 1 is 0.867 bits per heavy atom. The quantitative estimate of drug-likeness (QED) is 0.521. The topological polar surface area (TPSA) is 18.5 Å². The normalized spacial score (nSPS) is 23.6. The summed E-state index contributed by atoms with van der Waals surface area (Å²) in [5.74, 6) is 1.70. The van der Waals surface area contributed by atoms with Crippen LogP contribution in [0.1, 0.15) is 75.3 Å². The maximum atomic E-state index is 15.5. The minimum Gasteiger partial charge on any atom is -0.491 e. The number of rotatable bonds is 4. The van der Waals surface area contributed by atoms with Crippen LogP contribution in [0, 0.1) is 23.5 Å². The highest BCUT2D eigenvalue weighted by atomic mass is 19.1. The second kappa shape index (κ2) is 8.20. The standard InChI is InChI=1S/C26H30F2O2/c1-2-29-23-14-13-21-20-12-11-19(24(27)22(20)15-30-26(21)25(23)28)18-9-7-17(8-10-18)16-5-3-4-6-16/h11-14,16-18H,2-10,15H2,1H3. The van der Waals surface area contributed by atoms with E-state index in [9.17, 15) is 4.39 Å². The van der Waals surface area contributed by atoms with Crippen molar-refractivity contribution in [1.82, 2.24) is 0 Å². The molecule has 2 aromatic carbocycles. The van der Waals surface area contributed by atoms with Gasteiger partial charge in [-0.2, -0.15) is 4.39 Å². The molecule has 30 heavy (non-hydrogen) atoms. The number of benzene rings is 2. The van der Waals surface area contributed by atoms with E-state index < -0.39 is 5.82 Å². The SMILES string of the molecule is CCOc1ccc2c(c1F)OCc1c-2ccc(C2CCC(C3CCCC3)CC2)c1F. The molecule has 0 saturated heterocycles. The monoisotopic (exact) mass is 412 g/mol. The van der Waals surface area contributed by atoms with Crippen LogP contribution in [0.15, 0.2) is 24.3 Å². The summed E-state index contributed by atoms with van der Waals surface area (Å²) >= 11 is 0. The van der Waals surface area contributed by atoms with Crippen LogP contribution >= 0.6 is 0 Å². The molecule has 0 radical (unpaired) electrons. The molecule has 160 valence electrons. The van der Waals surface area contributed by atoms with Gasteiger partial charge in [-0.3, -0.25) is 0 Å². The van der Waals surface area contributed by atoms with Crippen molar-refractivity contribution in [2.75, 3.05) is 6.61 Å². The van der Waals surface area contributed by atoms with Crippen molar-refractivity contribution in [3.05, 3.63) is 47.0 Å². The van der Waals surface area contributed by atoms with Gasteiger partial charge in [-0.15, -0.1) is 0 Å². The zero-order valence-electron chi connectivity index (χ0n) is 17.7. The summed E-state index contributed by atoms with van der Waals surface area (Å²) in [6.07, 6.45) is 10.1. The van der Waals surface area contributed by atoms with Gasteiger partial charge >= 0.3 is 0 Å². The maximum absolute atomic E-state index is 15.5. The fourth-order valence-electron chi connectivity index (χ4n) is 5.98. The number of hydrogen-bond donors (Lipinski definition) is 0. The first-order valence-electron chi connectivity index (χ1n) is 11.6. The van der Waals surface area contributed by atoms with Crippen LogP contribution in [0.2, 0.25) is 0 Å². The lowest BCUT2D eigenvalue weighted by Gasteiger charge is -2.33. The Bertz CT molecular complexity index is 925. The molecule has 4 heteroatoms. The lowest BCUT2D eigenvalue weighted by molar-refractivity contribution is 0.232. The zero-order chi connectivity index (χ0) is 20.7. The summed E-state index contributed by atoms with van der Waals surface area (Å²) in [7, 11) is 0. The smallest absolute Gasteiger partial charge is 0.207 e. The highest BCUT2D eigenvalue weighted by Crippen LogP contribution is 2.47. The minimum absolute atomic E-state index is 0.0614. The summed E-state index contributed by atoms with van der Waals surface area (Å²) in [5.41, 5.74) is 2.71. The van der Waals surface area contributed by atoms with E-state index >= 15 is 4.39 Å². The number of fused-ring (bicyclic) bond motifs is 3. The van der Waals surface area contributed by atoms with Crippen LogP contribution in [0.25, 0.3) is 11.1 Å². The molecule has 2 saturated carbocycles. The van der Waals surface area contributed by atoms with E-state index in [2.05, 4.69) is 0 Å². The predicted octanol–water partition coefficient (Wildman–Crippen LogP) is 7.39. The van der Waals surface area contributed by atoms with E-state index in [1.165, 1.54) is 38.5 Å². The largest absolute Gasteiger partial charge is 0.491 e. The Kier molecular flexibility index (Phi) is 5.43. The summed E-state index contributed by atoms with van der Waals surface area (Å²) in [6, 6.07) is 7.26. The Labute approximate surface area is 177 Å². The van der Waals surface area contributed by atoms with Gasteiger partial charge in [0.1, 0.15) is 12.4 Å². The molecular weight excluding hydrogens is 382 g/mol. The molecular formula is C26H30F2O2. The zero-order valence-corrected chi connectivity index (χ0v) is 17.7. The Hall–Kier alpha value is -2.10. The molecule has 2 fully saturated rings. The molecule has 1 aliphatic heterocycles. The number of hydrogen-bond acceptors (Lipinski definition) is 2. The highest BCUT2D eigenvalue weighted by Gasteiger charge is 2.33. The van der Waals surface area contributed by atoms with Gasteiger partial charge in [0.05, 0.1) is 6.61 Å². The van der Waals surface area contributed by atoms with E-state index in [0.29, 0.717) is 17.7 Å². The molecule has 0 atom stereocenters. The molecule has 0 amide bonds. The average Bonchev–Trinajstić information content (AvgIpc) is 3.31. The van der Waals surface area contributed by atoms with Gasteiger partial charge in [-0.1, -0.05) is 37.8 Å². The predicted molar refractivity (Wildman–Crippen MR) is 114 cm³/mol. The molecule has 0 unspecified atom stereocenters. The third-order valence-corrected chi connectivity index (χ3v) is 7.56. The van der Waals surface area contributed by atoms with Gasteiger partial charge in [0, 0.05) is 11.1 Å². The van der Waals surface area contributed by atoms with Gasteiger partial charge in [-0.05, 0) is 73.6 Å². The fourth-order valence-corrected chi connectivity index (χ4v) is 5.98. The van der Waals surface area contributed by atoms with E-state index in [1.54, 1.807) is 12.1 Å². The summed E-state index contributed by atoms with van der Waals surface area (Å²) in [4.78, 5) is 0. The summed E-state index contributed by atoms with van der Waals surface area (Å²) in [5, 5.41) is 0. The van der Waals surface area contributed by atoms with Crippen LogP contribution in [0.5, 0.6) is 11.5 Å². The van der Waals surface area contributed by atoms with E-state index in [1.807, 2.05) is 19.1 Å². The molecule has 0 N–H and O–H groups in total. The van der Waals surface area contributed by atoms with Crippen molar-refractivity contribution >= 4 is 0 Å². The molecule has 3 aliphatic rings. The lowest BCUT2D eigenvalue weighted by Crippen LogP contribution is -2.20. The third kappa shape index (κ3) is 3.38. The second-order valence-corrected chi connectivity index (χ2v) is 9.13. The van der Waals surface area contributed by atoms with Crippen LogP contribution in [-0.2, 0) is 6.61 Å². The lowest BCUT2D eigenvalue weighted by atomic mass is 9.73. The first-order valence-corrected chi connectivity index (χ1v) is 11.6. The first kappa shape index (κ1) is 19.8. The van der Waals surface area contributed by atoms with Crippen molar-refractivity contribution in [2.45, 2.75) is 70.8 Å². The maximum Gasteiger partial charge on any atom is 0.207 e. The van der Waals surface area contributed by atoms with Crippen LogP contribution in [-0.4, -0.2) is 6.61 Å². The third-order valence-electron chi connectivity index (χ3n) is 7.56. The van der Waals surface area contributed by atoms with Crippen molar-refractivity contribution < 1.29 is 18.3 Å². The van der Waals surface area contributed by atoms with Gasteiger partial charge in [0.2, 0.25) is 5.82 Å². The van der Waals surface area contributed by atoms with Gasteiger partial charge in [0.25, 0.3) is 0 Å². The number of halogens is 2. The Morgan fingerprint density at radius 2 is 1.57 bits per heavy atom. The molecule has 2 nitrogen and oxygen atoms in total. The van der Waals surface area contributed by atoms with Crippen molar-refractivity contribution in [1.29, 1.82) is 0 Å². The Balaban J connectivity index is 1.39. The van der Waals surface area contributed by atoms with Gasteiger partial charge in [-0.25, -0.2) is 4.39 Å². The van der Waals surface area contributed by atoms with E-state index in [-0.39, 0.29) is 29.8 Å². The molecule has 0 bridgehead atoms. The molecule has 2 aliphatic carbocycles. The van der Waals surface area contributed by atoms with E-state index in [4.69, 9.17) is 9.47 Å². The van der Waals surface area contributed by atoms with Crippen molar-refractivity contribution in [2.24, 2.45) is 11.8 Å².